The predicted octanol–water partition coefficient (Wildman–Crippen LogP) is 0.801. The molecule has 0 radical (unpaired) electrons. The molecule has 9 heteroatoms. The number of ether oxygens (including phenoxy) is 1. The second-order valence-electron chi connectivity index (χ2n) is 4.79. The van der Waals surface area contributed by atoms with Crippen molar-refractivity contribution in [2.45, 2.75) is 38.1 Å². The molecule has 2 aromatic heterocycles. The van der Waals surface area contributed by atoms with Crippen molar-refractivity contribution in [2.24, 2.45) is 5.92 Å². The molecule has 2 aromatic rings. The zero-order valence-electron chi connectivity index (χ0n) is 12.3. The van der Waals surface area contributed by atoms with Gasteiger partial charge in [0, 0.05) is 0 Å². The van der Waals surface area contributed by atoms with Crippen molar-refractivity contribution in [3.63, 3.8) is 0 Å². The number of aromatic nitrogens is 5. The number of rotatable bonds is 5. The summed E-state index contributed by atoms with van der Waals surface area (Å²) < 4.78 is 6.50. The molecule has 0 amide bonds. The number of carbonyl (C=O) groups is 1. The minimum absolute atomic E-state index is 0.0604. The summed E-state index contributed by atoms with van der Waals surface area (Å²) in [5, 5.41) is 12.0. The van der Waals surface area contributed by atoms with Crippen LogP contribution in [0.2, 0.25) is 0 Å². The van der Waals surface area contributed by atoms with E-state index in [1.165, 1.54) is 16.3 Å². The molecule has 1 atom stereocenters. The Labute approximate surface area is 125 Å². The maximum absolute atomic E-state index is 12.0. The lowest BCUT2D eigenvalue weighted by Gasteiger charge is -2.17. The van der Waals surface area contributed by atoms with Crippen molar-refractivity contribution < 1.29 is 9.53 Å². The second-order valence-corrected chi connectivity index (χ2v) is 5.90. The fraction of sp³-hybridized carbons (Fsp3) is 0.583. The van der Waals surface area contributed by atoms with Gasteiger partial charge in [-0.2, -0.15) is 9.61 Å². The minimum Gasteiger partial charge on any atom is -0.465 e. The number of nitrogens with zero attached hydrogens (tertiary/aromatic N) is 4. The zero-order chi connectivity index (χ0) is 15.6. The number of hydrogen-bond acceptors (Lipinski definition) is 7. The van der Waals surface area contributed by atoms with Gasteiger partial charge in [0.05, 0.1) is 6.61 Å². The van der Waals surface area contributed by atoms with Gasteiger partial charge in [-0.25, -0.2) is 0 Å². The molecule has 0 aliphatic carbocycles. The summed E-state index contributed by atoms with van der Waals surface area (Å²) in [4.78, 5) is 26.1. The average molecular weight is 311 g/mol. The number of aryl methyl sites for hydroxylation is 1. The van der Waals surface area contributed by atoms with Crippen LogP contribution < -0.4 is 5.56 Å². The molecule has 0 aliphatic rings. The van der Waals surface area contributed by atoms with Gasteiger partial charge in [-0.05, 0) is 19.8 Å². The van der Waals surface area contributed by atoms with Crippen molar-refractivity contribution >= 4 is 23.5 Å². The van der Waals surface area contributed by atoms with Crippen LogP contribution in [0.4, 0.5) is 0 Å². The van der Waals surface area contributed by atoms with Gasteiger partial charge >= 0.3 is 5.97 Å². The number of thioether (sulfide) groups is 1. The lowest BCUT2D eigenvalue weighted by molar-refractivity contribution is -0.143. The van der Waals surface area contributed by atoms with Crippen LogP contribution in [0, 0.1) is 12.8 Å². The molecule has 0 fully saturated rings. The van der Waals surface area contributed by atoms with Gasteiger partial charge in [0.1, 0.15) is 10.9 Å². The van der Waals surface area contributed by atoms with Crippen LogP contribution in [-0.4, -0.2) is 42.6 Å². The van der Waals surface area contributed by atoms with Crippen LogP contribution in [0.5, 0.6) is 0 Å². The summed E-state index contributed by atoms with van der Waals surface area (Å²) in [6, 6.07) is 0. The van der Waals surface area contributed by atoms with Gasteiger partial charge in [0.25, 0.3) is 11.3 Å². The molecule has 0 aliphatic heterocycles. The van der Waals surface area contributed by atoms with Gasteiger partial charge in [-0.3, -0.25) is 14.6 Å². The molecular formula is C12H17N5O3S. The molecule has 21 heavy (non-hydrogen) atoms. The van der Waals surface area contributed by atoms with Gasteiger partial charge in [0.15, 0.2) is 0 Å². The highest BCUT2D eigenvalue weighted by Crippen LogP contribution is 2.27. The molecule has 2 heterocycles. The number of hydrogen-bond donors (Lipinski definition) is 1. The summed E-state index contributed by atoms with van der Waals surface area (Å²) in [6.45, 7) is 7.55. The number of esters is 1. The Bertz CT molecular complexity index is 708. The van der Waals surface area contributed by atoms with Crippen LogP contribution in [0.3, 0.4) is 0 Å². The third-order valence-corrected chi connectivity index (χ3v) is 4.23. The SMILES string of the molecule is CCOC(=O)C(Sc1nnc2[nH]c(=O)c(C)nn12)C(C)C. The Morgan fingerprint density at radius 2 is 2.14 bits per heavy atom. The Morgan fingerprint density at radius 3 is 2.76 bits per heavy atom. The summed E-state index contributed by atoms with van der Waals surface area (Å²) in [5.41, 5.74) is -0.00126. The van der Waals surface area contributed by atoms with E-state index in [1.54, 1.807) is 13.8 Å². The highest BCUT2D eigenvalue weighted by atomic mass is 32.2. The van der Waals surface area contributed by atoms with E-state index in [-0.39, 0.29) is 23.2 Å². The van der Waals surface area contributed by atoms with Crippen molar-refractivity contribution in [2.75, 3.05) is 6.61 Å². The largest absolute Gasteiger partial charge is 0.465 e. The smallest absolute Gasteiger partial charge is 0.319 e. The fourth-order valence-corrected chi connectivity index (χ4v) is 2.67. The molecule has 0 bridgehead atoms. The molecule has 0 aromatic carbocycles. The number of fused-ring (bicyclic) bond motifs is 1. The van der Waals surface area contributed by atoms with Crippen LogP contribution in [0.1, 0.15) is 26.5 Å². The number of nitrogens with one attached hydrogen (secondary N) is 1. The summed E-state index contributed by atoms with van der Waals surface area (Å²) in [5.74, 6) is 0.0140. The Balaban J connectivity index is 2.35. The number of aromatic amines is 1. The third kappa shape index (κ3) is 3.23. The topological polar surface area (TPSA) is 102 Å². The first-order chi connectivity index (χ1) is 9.93. The van der Waals surface area contributed by atoms with Crippen LogP contribution in [-0.2, 0) is 9.53 Å². The summed E-state index contributed by atoms with van der Waals surface area (Å²) in [7, 11) is 0. The molecule has 2 rings (SSSR count). The van der Waals surface area contributed by atoms with Crippen molar-refractivity contribution in [1.82, 2.24) is 24.8 Å². The zero-order valence-corrected chi connectivity index (χ0v) is 13.1. The van der Waals surface area contributed by atoms with E-state index in [0.717, 1.165) is 0 Å². The highest BCUT2D eigenvalue weighted by molar-refractivity contribution is 8.00. The van der Waals surface area contributed by atoms with Crippen LogP contribution >= 0.6 is 11.8 Å². The molecule has 1 unspecified atom stereocenters. The average Bonchev–Trinajstić information content (AvgIpc) is 2.78. The molecule has 0 saturated carbocycles. The Hall–Kier alpha value is -1.90. The normalized spacial score (nSPS) is 12.8. The van der Waals surface area contributed by atoms with E-state index in [4.69, 9.17) is 4.74 Å². The maximum Gasteiger partial charge on any atom is 0.319 e. The number of carbonyl (C=O) groups excluding carboxylic acids is 1. The molecule has 0 saturated heterocycles. The van der Waals surface area contributed by atoms with E-state index in [0.29, 0.717) is 17.5 Å². The first-order valence-electron chi connectivity index (χ1n) is 6.59. The Morgan fingerprint density at radius 1 is 1.43 bits per heavy atom. The van der Waals surface area contributed by atoms with E-state index in [1.807, 2.05) is 13.8 Å². The molecule has 114 valence electrons. The van der Waals surface area contributed by atoms with Crippen LogP contribution in [0.15, 0.2) is 9.95 Å². The van der Waals surface area contributed by atoms with Gasteiger partial charge in [-0.1, -0.05) is 25.6 Å². The Kier molecular flexibility index (Phi) is 4.61. The number of H-pyrrole nitrogens is 1. The fourth-order valence-electron chi connectivity index (χ4n) is 1.69. The van der Waals surface area contributed by atoms with E-state index in [9.17, 15) is 9.59 Å². The molecule has 1 N–H and O–H groups in total. The van der Waals surface area contributed by atoms with Crippen molar-refractivity contribution in [3.05, 3.63) is 16.0 Å². The summed E-state index contributed by atoms with van der Waals surface area (Å²) in [6.07, 6.45) is 0. The van der Waals surface area contributed by atoms with Gasteiger partial charge in [-0.15, -0.1) is 10.2 Å². The van der Waals surface area contributed by atoms with Crippen molar-refractivity contribution in [3.8, 4) is 0 Å². The standard InChI is InChI=1S/C12H17N5O3S/c1-5-20-10(19)8(6(2)3)21-12-15-14-11-13-9(18)7(4)16-17(11)12/h6,8H,5H2,1-4H3,(H,13,14,18). The van der Waals surface area contributed by atoms with E-state index in [2.05, 4.69) is 20.3 Å². The third-order valence-electron chi connectivity index (χ3n) is 2.77. The quantitative estimate of drug-likeness (QED) is 0.643. The van der Waals surface area contributed by atoms with E-state index >= 15 is 0 Å². The van der Waals surface area contributed by atoms with Gasteiger partial charge < -0.3 is 4.74 Å². The first-order valence-corrected chi connectivity index (χ1v) is 7.47. The van der Waals surface area contributed by atoms with Gasteiger partial charge in [0.2, 0.25) is 5.16 Å². The molecular weight excluding hydrogens is 294 g/mol. The predicted molar refractivity (Wildman–Crippen MR) is 77.3 cm³/mol. The van der Waals surface area contributed by atoms with E-state index < -0.39 is 5.25 Å². The minimum atomic E-state index is -0.411. The molecule has 0 spiro atoms. The van der Waals surface area contributed by atoms with Crippen LogP contribution in [0.25, 0.3) is 5.78 Å². The highest BCUT2D eigenvalue weighted by Gasteiger charge is 2.27. The molecule has 8 nitrogen and oxygen atoms in total. The first kappa shape index (κ1) is 15.5. The summed E-state index contributed by atoms with van der Waals surface area (Å²) >= 11 is 1.23. The lowest BCUT2D eigenvalue weighted by atomic mass is 10.1. The lowest BCUT2D eigenvalue weighted by Crippen LogP contribution is -2.26. The monoisotopic (exact) mass is 311 g/mol. The van der Waals surface area contributed by atoms with Crippen molar-refractivity contribution in [1.29, 1.82) is 0 Å². The maximum atomic E-state index is 12.0. The second kappa shape index (κ2) is 6.25.